The molecule has 0 aromatic carbocycles. The van der Waals surface area contributed by atoms with Crippen molar-refractivity contribution in [1.82, 2.24) is 15.1 Å². The van der Waals surface area contributed by atoms with Gasteiger partial charge in [0.05, 0.1) is 22.5 Å². The van der Waals surface area contributed by atoms with Crippen molar-refractivity contribution >= 4 is 15.9 Å². The zero-order valence-corrected chi connectivity index (χ0v) is 12.8. The number of nitrogens with one attached hydrogen (secondary N) is 1. The Morgan fingerprint density at radius 2 is 2.06 bits per heavy atom. The maximum atomic E-state index is 9.67. The number of rotatable bonds is 4. The first-order valence-electron chi connectivity index (χ1n) is 6.62. The lowest BCUT2D eigenvalue weighted by molar-refractivity contribution is 0.119. The predicted molar refractivity (Wildman–Crippen MR) is 75.4 cm³/mol. The van der Waals surface area contributed by atoms with Crippen molar-refractivity contribution in [3.05, 3.63) is 15.9 Å². The Morgan fingerprint density at radius 1 is 1.39 bits per heavy atom. The van der Waals surface area contributed by atoms with Crippen LogP contribution >= 0.6 is 15.9 Å². The molecular formula is C13H22BrN3O. The Kier molecular flexibility index (Phi) is 4.45. The van der Waals surface area contributed by atoms with Crippen molar-refractivity contribution in [3.63, 3.8) is 0 Å². The second-order valence-electron chi connectivity index (χ2n) is 5.32. The SMILES string of the molecule is Cc1nn(C)c(CNC2(CO)CCCCC2)c1Br. The van der Waals surface area contributed by atoms with E-state index < -0.39 is 0 Å². The second kappa shape index (κ2) is 5.72. The highest BCUT2D eigenvalue weighted by molar-refractivity contribution is 9.10. The fourth-order valence-corrected chi connectivity index (χ4v) is 3.24. The predicted octanol–water partition coefficient (Wildman–Crippen LogP) is 2.28. The van der Waals surface area contributed by atoms with Crippen molar-refractivity contribution in [2.75, 3.05) is 6.61 Å². The zero-order valence-electron chi connectivity index (χ0n) is 11.2. The van der Waals surface area contributed by atoms with E-state index in [1.165, 1.54) is 19.3 Å². The quantitative estimate of drug-likeness (QED) is 0.896. The van der Waals surface area contributed by atoms with E-state index in [1.54, 1.807) is 0 Å². The summed E-state index contributed by atoms with van der Waals surface area (Å²) in [5, 5.41) is 17.6. The number of aryl methyl sites for hydroxylation is 2. The van der Waals surface area contributed by atoms with E-state index in [9.17, 15) is 5.11 Å². The van der Waals surface area contributed by atoms with Crippen molar-refractivity contribution in [2.45, 2.75) is 51.1 Å². The Hall–Kier alpha value is -0.390. The molecule has 0 radical (unpaired) electrons. The Balaban J connectivity index is 2.05. The average Bonchev–Trinajstić information content (AvgIpc) is 2.62. The fourth-order valence-electron chi connectivity index (χ4n) is 2.76. The van der Waals surface area contributed by atoms with Crippen molar-refractivity contribution in [2.24, 2.45) is 7.05 Å². The van der Waals surface area contributed by atoms with E-state index in [0.717, 1.165) is 35.2 Å². The van der Waals surface area contributed by atoms with Crippen LogP contribution in [0.5, 0.6) is 0 Å². The number of hydrogen-bond acceptors (Lipinski definition) is 3. The van der Waals surface area contributed by atoms with Gasteiger partial charge in [-0.15, -0.1) is 0 Å². The highest BCUT2D eigenvalue weighted by atomic mass is 79.9. The van der Waals surface area contributed by atoms with Crippen LogP contribution < -0.4 is 5.32 Å². The molecule has 1 saturated carbocycles. The first-order chi connectivity index (χ1) is 8.58. The molecule has 0 unspecified atom stereocenters. The minimum Gasteiger partial charge on any atom is -0.394 e. The van der Waals surface area contributed by atoms with E-state index in [-0.39, 0.29) is 12.1 Å². The molecule has 0 aliphatic heterocycles. The maximum absolute atomic E-state index is 9.67. The third kappa shape index (κ3) is 2.78. The van der Waals surface area contributed by atoms with Gasteiger partial charge >= 0.3 is 0 Å². The standard InChI is InChI=1S/C13H22BrN3O/c1-10-12(14)11(17(2)16-10)8-15-13(9-18)6-4-3-5-7-13/h15,18H,3-9H2,1-2H3. The van der Waals surface area contributed by atoms with Gasteiger partial charge in [-0.1, -0.05) is 19.3 Å². The molecule has 0 spiro atoms. The van der Waals surface area contributed by atoms with Crippen LogP contribution in [0.2, 0.25) is 0 Å². The van der Waals surface area contributed by atoms with Gasteiger partial charge in [0, 0.05) is 19.1 Å². The fraction of sp³-hybridized carbons (Fsp3) is 0.769. The molecule has 2 N–H and O–H groups in total. The van der Waals surface area contributed by atoms with Gasteiger partial charge in [0.1, 0.15) is 0 Å². The summed E-state index contributed by atoms with van der Waals surface area (Å²) in [4.78, 5) is 0. The molecule has 4 nitrogen and oxygen atoms in total. The van der Waals surface area contributed by atoms with Crippen molar-refractivity contribution < 1.29 is 5.11 Å². The number of aliphatic hydroxyl groups is 1. The highest BCUT2D eigenvalue weighted by Crippen LogP contribution is 2.29. The van der Waals surface area contributed by atoms with Gasteiger partial charge in [-0.05, 0) is 35.7 Å². The summed E-state index contributed by atoms with van der Waals surface area (Å²) in [6.45, 7) is 2.97. The number of nitrogens with zero attached hydrogens (tertiary/aromatic N) is 2. The monoisotopic (exact) mass is 315 g/mol. The molecule has 0 amide bonds. The van der Waals surface area contributed by atoms with Gasteiger partial charge in [0.25, 0.3) is 0 Å². The number of aromatic nitrogens is 2. The van der Waals surface area contributed by atoms with Crippen LogP contribution in [-0.4, -0.2) is 27.0 Å². The largest absolute Gasteiger partial charge is 0.394 e. The molecule has 1 aliphatic rings. The molecule has 1 heterocycles. The zero-order chi connectivity index (χ0) is 13.2. The van der Waals surface area contributed by atoms with E-state index in [0.29, 0.717) is 0 Å². The summed E-state index contributed by atoms with van der Waals surface area (Å²) in [6.07, 6.45) is 5.84. The average molecular weight is 316 g/mol. The highest BCUT2D eigenvalue weighted by Gasteiger charge is 2.31. The summed E-state index contributed by atoms with van der Waals surface area (Å²) in [6, 6.07) is 0. The molecule has 0 bridgehead atoms. The van der Waals surface area contributed by atoms with Gasteiger partial charge in [-0.25, -0.2) is 0 Å². The molecule has 1 fully saturated rings. The van der Waals surface area contributed by atoms with Crippen LogP contribution in [-0.2, 0) is 13.6 Å². The molecule has 2 rings (SSSR count). The van der Waals surface area contributed by atoms with Crippen molar-refractivity contribution in [1.29, 1.82) is 0 Å². The molecule has 1 aromatic heterocycles. The third-order valence-electron chi connectivity index (χ3n) is 4.01. The first-order valence-corrected chi connectivity index (χ1v) is 7.41. The normalized spacial score (nSPS) is 19.1. The summed E-state index contributed by atoms with van der Waals surface area (Å²) in [5.41, 5.74) is 2.07. The van der Waals surface area contributed by atoms with Crippen molar-refractivity contribution in [3.8, 4) is 0 Å². The number of hydrogen-bond donors (Lipinski definition) is 2. The molecule has 18 heavy (non-hydrogen) atoms. The number of aliphatic hydroxyl groups excluding tert-OH is 1. The molecule has 5 heteroatoms. The topological polar surface area (TPSA) is 50.1 Å². The lowest BCUT2D eigenvalue weighted by atomic mass is 9.82. The Morgan fingerprint density at radius 3 is 2.56 bits per heavy atom. The van der Waals surface area contributed by atoms with E-state index in [4.69, 9.17) is 0 Å². The van der Waals surface area contributed by atoms with Gasteiger partial charge < -0.3 is 10.4 Å². The van der Waals surface area contributed by atoms with Gasteiger partial charge in [0.15, 0.2) is 0 Å². The lowest BCUT2D eigenvalue weighted by Crippen LogP contribution is -2.49. The minimum absolute atomic E-state index is 0.0874. The molecular weight excluding hydrogens is 294 g/mol. The lowest BCUT2D eigenvalue weighted by Gasteiger charge is -2.36. The van der Waals surface area contributed by atoms with Gasteiger partial charge in [-0.3, -0.25) is 4.68 Å². The van der Waals surface area contributed by atoms with Gasteiger partial charge in [-0.2, -0.15) is 5.10 Å². The molecule has 1 aromatic rings. The van der Waals surface area contributed by atoms with Crippen LogP contribution in [0.1, 0.15) is 43.5 Å². The van der Waals surface area contributed by atoms with Crippen LogP contribution in [0.4, 0.5) is 0 Å². The summed E-state index contributed by atoms with van der Waals surface area (Å²) in [5.74, 6) is 0. The van der Waals surface area contributed by atoms with Crippen LogP contribution in [0.15, 0.2) is 4.47 Å². The summed E-state index contributed by atoms with van der Waals surface area (Å²) < 4.78 is 2.97. The van der Waals surface area contributed by atoms with Crippen LogP contribution in [0.25, 0.3) is 0 Å². The summed E-state index contributed by atoms with van der Waals surface area (Å²) in [7, 11) is 1.96. The second-order valence-corrected chi connectivity index (χ2v) is 6.12. The third-order valence-corrected chi connectivity index (χ3v) is 5.04. The Labute approximate surface area is 117 Å². The van der Waals surface area contributed by atoms with Gasteiger partial charge in [0.2, 0.25) is 0 Å². The van der Waals surface area contributed by atoms with Crippen LogP contribution in [0.3, 0.4) is 0 Å². The molecule has 0 saturated heterocycles. The Bertz CT molecular complexity index is 411. The maximum Gasteiger partial charge on any atom is 0.0739 e. The smallest absolute Gasteiger partial charge is 0.0739 e. The molecule has 0 atom stereocenters. The number of halogens is 1. The van der Waals surface area contributed by atoms with E-state index in [1.807, 2.05) is 18.7 Å². The minimum atomic E-state index is -0.0874. The van der Waals surface area contributed by atoms with Crippen LogP contribution in [0, 0.1) is 6.92 Å². The first kappa shape index (κ1) is 14.0. The molecule has 102 valence electrons. The summed E-state index contributed by atoms with van der Waals surface area (Å²) >= 11 is 3.58. The van der Waals surface area contributed by atoms with E-state index in [2.05, 4.69) is 26.3 Å². The van der Waals surface area contributed by atoms with E-state index >= 15 is 0 Å². The molecule has 1 aliphatic carbocycles.